The molecule has 0 aliphatic carbocycles. The molecule has 0 bridgehead atoms. The Kier molecular flexibility index (Phi) is 2.67. The molecule has 0 spiro atoms. The maximum Gasteiger partial charge on any atom is 0.493 e. The topological polar surface area (TPSA) is 73.3 Å². The Morgan fingerprint density at radius 2 is 2.25 bits per heavy atom. The van der Waals surface area contributed by atoms with Crippen LogP contribution in [0, 0.1) is 0 Å². The average Bonchev–Trinajstić information content (AvgIpc) is 2.03. The summed E-state index contributed by atoms with van der Waals surface area (Å²) in [6.45, 7) is 1.90. The van der Waals surface area contributed by atoms with E-state index in [9.17, 15) is 4.79 Å². The number of nitrogens with one attached hydrogen (secondary N) is 1. The molecule has 0 saturated carbocycles. The van der Waals surface area contributed by atoms with Gasteiger partial charge in [0.25, 0.3) is 0 Å². The summed E-state index contributed by atoms with van der Waals surface area (Å²) in [5, 5.41) is 17.4. The van der Waals surface area contributed by atoms with E-state index in [2.05, 4.69) is 4.98 Å². The second kappa shape index (κ2) is 3.56. The molecule has 0 radical (unpaired) electrons. The van der Waals surface area contributed by atoms with E-state index in [4.69, 9.17) is 10.0 Å². The van der Waals surface area contributed by atoms with Gasteiger partial charge in [0.1, 0.15) is 0 Å². The molecule has 0 aromatic carbocycles. The molecule has 1 aromatic rings. The minimum Gasteiger partial charge on any atom is -0.423 e. The summed E-state index contributed by atoms with van der Waals surface area (Å²) < 4.78 is 0. The van der Waals surface area contributed by atoms with Gasteiger partial charge in [-0.15, -0.1) is 0 Å². The summed E-state index contributed by atoms with van der Waals surface area (Å²) in [5.74, 6) is 0. The molecule has 3 N–H and O–H groups in total. The van der Waals surface area contributed by atoms with E-state index in [-0.39, 0.29) is 10.9 Å². The van der Waals surface area contributed by atoms with Gasteiger partial charge >= 0.3 is 7.12 Å². The lowest BCUT2D eigenvalue weighted by molar-refractivity contribution is 0.425. The van der Waals surface area contributed by atoms with Gasteiger partial charge < -0.3 is 15.0 Å². The van der Waals surface area contributed by atoms with Gasteiger partial charge in [-0.1, -0.05) is 6.92 Å². The van der Waals surface area contributed by atoms with Gasteiger partial charge in [-0.05, 0) is 6.42 Å². The van der Waals surface area contributed by atoms with Gasteiger partial charge in [0.15, 0.2) is 5.43 Å². The quantitative estimate of drug-likeness (QED) is 0.475. The van der Waals surface area contributed by atoms with Gasteiger partial charge in [0, 0.05) is 23.4 Å². The zero-order chi connectivity index (χ0) is 9.14. The maximum atomic E-state index is 11.1. The number of aromatic amines is 1. The molecule has 5 heteroatoms. The van der Waals surface area contributed by atoms with Crippen LogP contribution in [-0.4, -0.2) is 22.2 Å². The number of aryl methyl sites for hydroxylation is 1. The van der Waals surface area contributed by atoms with Crippen molar-refractivity contribution in [1.82, 2.24) is 4.98 Å². The first kappa shape index (κ1) is 9.03. The Balaban J connectivity index is 3.12. The van der Waals surface area contributed by atoms with Crippen molar-refractivity contribution in [1.29, 1.82) is 0 Å². The molecule has 0 aliphatic heterocycles. The van der Waals surface area contributed by atoms with Crippen molar-refractivity contribution in [3.63, 3.8) is 0 Å². The van der Waals surface area contributed by atoms with E-state index in [0.29, 0.717) is 0 Å². The molecule has 64 valence electrons. The van der Waals surface area contributed by atoms with Gasteiger partial charge in [-0.2, -0.15) is 0 Å². The van der Waals surface area contributed by atoms with Crippen LogP contribution >= 0.6 is 0 Å². The Morgan fingerprint density at radius 3 is 2.67 bits per heavy atom. The van der Waals surface area contributed by atoms with Crippen molar-refractivity contribution in [2.75, 3.05) is 0 Å². The SMILES string of the molecule is CCc1cc(=O)c(B(O)O)c[nH]1. The van der Waals surface area contributed by atoms with Crippen LogP contribution in [-0.2, 0) is 6.42 Å². The standard InChI is InChI=1S/C7H10BNO3/c1-2-5-3-7(10)6(4-9-5)8(11)12/h3-4,11-12H,2H2,1H3,(H,9,10). The number of hydrogen-bond acceptors (Lipinski definition) is 3. The smallest absolute Gasteiger partial charge is 0.423 e. The van der Waals surface area contributed by atoms with Crippen LogP contribution in [0.3, 0.4) is 0 Å². The third kappa shape index (κ3) is 1.75. The number of rotatable bonds is 2. The zero-order valence-electron chi connectivity index (χ0n) is 6.74. The van der Waals surface area contributed by atoms with Crippen LogP contribution in [0.25, 0.3) is 0 Å². The van der Waals surface area contributed by atoms with Crippen LogP contribution in [0.5, 0.6) is 0 Å². The normalized spacial score (nSPS) is 9.92. The number of aromatic nitrogens is 1. The maximum absolute atomic E-state index is 11.1. The first-order valence-electron chi connectivity index (χ1n) is 3.72. The van der Waals surface area contributed by atoms with Crippen LogP contribution in [0.2, 0.25) is 0 Å². The molecule has 0 aliphatic rings. The molecule has 1 rings (SSSR count). The second-order valence-corrected chi connectivity index (χ2v) is 2.51. The fourth-order valence-electron chi connectivity index (χ4n) is 0.931. The summed E-state index contributed by atoms with van der Waals surface area (Å²) >= 11 is 0. The molecule has 0 saturated heterocycles. The largest absolute Gasteiger partial charge is 0.493 e. The molecular formula is C7H10BNO3. The van der Waals surface area contributed by atoms with Crippen LogP contribution in [0.15, 0.2) is 17.1 Å². The van der Waals surface area contributed by atoms with E-state index >= 15 is 0 Å². The minimum atomic E-state index is -1.69. The summed E-state index contributed by atoms with van der Waals surface area (Å²) in [6.07, 6.45) is 2.04. The third-order valence-corrected chi connectivity index (χ3v) is 1.66. The fourth-order valence-corrected chi connectivity index (χ4v) is 0.931. The molecule has 0 fully saturated rings. The van der Waals surface area contributed by atoms with Crippen LogP contribution < -0.4 is 10.9 Å². The molecule has 1 aromatic heterocycles. The predicted octanol–water partition coefficient (Wildman–Crippen LogP) is -1.38. The zero-order valence-corrected chi connectivity index (χ0v) is 6.74. The lowest BCUT2D eigenvalue weighted by Crippen LogP contribution is -2.41. The highest BCUT2D eigenvalue weighted by molar-refractivity contribution is 6.58. The van der Waals surface area contributed by atoms with E-state index in [1.54, 1.807) is 0 Å². The molecular weight excluding hydrogens is 157 g/mol. The first-order chi connectivity index (χ1) is 5.65. The Hall–Kier alpha value is -1.07. The average molecular weight is 167 g/mol. The predicted molar refractivity (Wildman–Crippen MR) is 46.3 cm³/mol. The highest BCUT2D eigenvalue weighted by atomic mass is 16.4. The molecule has 0 atom stereocenters. The van der Waals surface area contributed by atoms with Crippen molar-refractivity contribution in [2.45, 2.75) is 13.3 Å². The summed E-state index contributed by atoms with van der Waals surface area (Å²) in [6, 6.07) is 1.37. The van der Waals surface area contributed by atoms with Crippen LogP contribution in [0.4, 0.5) is 0 Å². The number of pyridine rings is 1. The Labute approximate surface area is 70.0 Å². The van der Waals surface area contributed by atoms with Gasteiger partial charge in [-0.3, -0.25) is 4.79 Å². The molecule has 4 nitrogen and oxygen atoms in total. The molecule has 12 heavy (non-hydrogen) atoms. The minimum absolute atomic E-state index is 0.0211. The summed E-state index contributed by atoms with van der Waals surface area (Å²) in [4.78, 5) is 13.9. The van der Waals surface area contributed by atoms with Crippen molar-refractivity contribution in [3.05, 3.63) is 28.2 Å². The Morgan fingerprint density at radius 1 is 1.58 bits per heavy atom. The highest BCUT2D eigenvalue weighted by Crippen LogP contribution is 1.87. The van der Waals surface area contributed by atoms with E-state index in [1.165, 1.54) is 12.3 Å². The number of hydrogen-bond donors (Lipinski definition) is 3. The monoisotopic (exact) mass is 167 g/mol. The summed E-state index contributed by atoms with van der Waals surface area (Å²) in [7, 11) is -1.69. The molecule has 0 amide bonds. The highest BCUT2D eigenvalue weighted by Gasteiger charge is 2.14. The third-order valence-electron chi connectivity index (χ3n) is 1.66. The van der Waals surface area contributed by atoms with Crippen molar-refractivity contribution in [3.8, 4) is 0 Å². The van der Waals surface area contributed by atoms with Crippen molar-refractivity contribution in [2.24, 2.45) is 0 Å². The fraction of sp³-hybridized carbons (Fsp3) is 0.286. The van der Waals surface area contributed by atoms with Gasteiger partial charge in [0.05, 0.1) is 0 Å². The Bertz CT molecular complexity index is 321. The lowest BCUT2D eigenvalue weighted by Gasteiger charge is -1.99. The van der Waals surface area contributed by atoms with E-state index in [1.807, 2.05) is 6.92 Å². The molecule has 0 unspecified atom stereocenters. The number of H-pyrrole nitrogens is 1. The van der Waals surface area contributed by atoms with E-state index < -0.39 is 7.12 Å². The summed E-state index contributed by atoms with van der Waals surface area (Å²) in [5.41, 5.74) is 0.414. The lowest BCUT2D eigenvalue weighted by atomic mass is 9.81. The van der Waals surface area contributed by atoms with E-state index in [0.717, 1.165) is 12.1 Å². The second-order valence-electron chi connectivity index (χ2n) is 2.51. The van der Waals surface area contributed by atoms with Gasteiger partial charge in [-0.25, -0.2) is 0 Å². The molecule has 1 heterocycles. The van der Waals surface area contributed by atoms with Crippen molar-refractivity contribution < 1.29 is 10.0 Å². The van der Waals surface area contributed by atoms with Gasteiger partial charge in [0.2, 0.25) is 0 Å². The first-order valence-corrected chi connectivity index (χ1v) is 3.72. The van der Waals surface area contributed by atoms with Crippen LogP contribution in [0.1, 0.15) is 12.6 Å². The van der Waals surface area contributed by atoms with Crippen molar-refractivity contribution >= 4 is 12.6 Å².